The molecule has 0 spiro atoms. The summed E-state index contributed by atoms with van der Waals surface area (Å²) in [7, 11) is 0. The number of carboxylic acid groups (broad SMARTS) is 1. The number of nitrogens with zero attached hydrogens (tertiary/aromatic N) is 1. The average Bonchev–Trinajstić information content (AvgIpc) is 2.45. The van der Waals surface area contributed by atoms with Gasteiger partial charge < -0.3 is 16.2 Å². The molecule has 1 heterocycles. The van der Waals surface area contributed by atoms with Crippen LogP contribution in [0.1, 0.15) is 42.5 Å². The molecule has 1 aromatic rings. The van der Waals surface area contributed by atoms with E-state index in [-0.39, 0.29) is 5.92 Å². The van der Waals surface area contributed by atoms with Crippen molar-refractivity contribution in [3.63, 3.8) is 0 Å². The lowest BCUT2D eigenvalue weighted by molar-refractivity contribution is -0.139. The molecule has 1 aromatic heterocycles. The van der Waals surface area contributed by atoms with E-state index in [1.165, 1.54) is 18.3 Å². The molecule has 1 saturated carbocycles. The van der Waals surface area contributed by atoms with Gasteiger partial charge >= 0.3 is 5.97 Å². The van der Waals surface area contributed by atoms with Crippen molar-refractivity contribution in [3.05, 3.63) is 23.9 Å². The minimum Gasteiger partial charge on any atom is -0.480 e. The third-order valence-corrected chi connectivity index (χ3v) is 3.74. The topological polar surface area (TPSA) is 105 Å². The number of nitrogens with one attached hydrogen (secondary N) is 1. The molecular weight excluding hydrogens is 258 g/mol. The first kappa shape index (κ1) is 14.3. The van der Waals surface area contributed by atoms with Crippen molar-refractivity contribution in [1.29, 1.82) is 0 Å². The van der Waals surface area contributed by atoms with E-state index in [2.05, 4.69) is 10.3 Å². The molecule has 1 aliphatic rings. The molecule has 0 aliphatic heterocycles. The molecule has 0 bridgehead atoms. The van der Waals surface area contributed by atoms with Gasteiger partial charge in [0.25, 0.3) is 0 Å². The SMILES string of the molecule is NC(=O)c1ccnc(NC(C(=O)O)C2CCCCC2)c1. The van der Waals surface area contributed by atoms with Crippen LogP contribution in [0.15, 0.2) is 18.3 Å². The standard InChI is InChI=1S/C14H19N3O3/c15-13(18)10-6-7-16-11(8-10)17-12(14(19)20)9-4-2-1-3-5-9/h6-9,12H,1-5H2,(H2,15,18)(H,16,17)(H,19,20). The fourth-order valence-corrected chi connectivity index (χ4v) is 2.67. The molecular formula is C14H19N3O3. The Morgan fingerprint density at radius 1 is 1.35 bits per heavy atom. The fraction of sp³-hybridized carbons (Fsp3) is 0.500. The van der Waals surface area contributed by atoms with Crippen LogP contribution in [0.4, 0.5) is 5.82 Å². The maximum absolute atomic E-state index is 11.4. The average molecular weight is 277 g/mol. The molecule has 2 rings (SSSR count). The van der Waals surface area contributed by atoms with Gasteiger partial charge in [-0.15, -0.1) is 0 Å². The second-order valence-electron chi connectivity index (χ2n) is 5.15. The van der Waals surface area contributed by atoms with Crippen LogP contribution in [-0.4, -0.2) is 28.0 Å². The molecule has 108 valence electrons. The number of rotatable bonds is 5. The van der Waals surface area contributed by atoms with E-state index in [0.717, 1.165) is 32.1 Å². The summed E-state index contributed by atoms with van der Waals surface area (Å²) in [6.45, 7) is 0. The largest absolute Gasteiger partial charge is 0.480 e. The molecule has 0 radical (unpaired) electrons. The summed E-state index contributed by atoms with van der Waals surface area (Å²) in [5, 5.41) is 12.3. The lowest BCUT2D eigenvalue weighted by atomic mass is 9.84. The van der Waals surface area contributed by atoms with Crippen LogP contribution in [0.25, 0.3) is 0 Å². The molecule has 0 aromatic carbocycles. The zero-order chi connectivity index (χ0) is 14.5. The number of pyridine rings is 1. The van der Waals surface area contributed by atoms with Gasteiger partial charge in [-0.05, 0) is 30.9 Å². The Kier molecular flexibility index (Phi) is 4.55. The van der Waals surface area contributed by atoms with Crippen LogP contribution in [0.5, 0.6) is 0 Å². The first-order valence-corrected chi connectivity index (χ1v) is 6.83. The molecule has 1 unspecified atom stereocenters. The smallest absolute Gasteiger partial charge is 0.326 e. The Morgan fingerprint density at radius 3 is 2.65 bits per heavy atom. The Hall–Kier alpha value is -2.11. The van der Waals surface area contributed by atoms with Crippen molar-refractivity contribution < 1.29 is 14.7 Å². The Morgan fingerprint density at radius 2 is 2.05 bits per heavy atom. The number of anilines is 1. The number of carbonyl (C=O) groups excluding carboxylic acids is 1. The Labute approximate surface area is 117 Å². The number of amides is 1. The predicted molar refractivity (Wildman–Crippen MR) is 74.4 cm³/mol. The molecule has 1 fully saturated rings. The first-order chi connectivity index (χ1) is 9.58. The maximum atomic E-state index is 11.4. The fourth-order valence-electron chi connectivity index (χ4n) is 2.67. The maximum Gasteiger partial charge on any atom is 0.326 e. The third kappa shape index (κ3) is 3.46. The van der Waals surface area contributed by atoms with Crippen LogP contribution in [-0.2, 0) is 4.79 Å². The quantitative estimate of drug-likeness (QED) is 0.758. The summed E-state index contributed by atoms with van der Waals surface area (Å²) < 4.78 is 0. The minimum absolute atomic E-state index is 0.0975. The van der Waals surface area contributed by atoms with Crippen molar-refractivity contribution in [3.8, 4) is 0 Å². The van der Waals surface area contributed by atoms with E-state index >= 15 is 0 Å². The van der Waals surface area contributed by atoms with Gasteiger partial charge in [-0.2, -0.15) is 0 Å². The second kappa shape index (κ2) is 6.36. The normalized spacial score (nSPS) is 17.4. The summed E-state index contributed by atoms with van der Waals surface area (Å²) in [6, 6.07) is 2.32. The van der Waals surface area contributed by atoms with Crippen LogP contribution < -0.4 is 11.1 Å². The lowest BCUT2D eigenvalue weighted by Crippen LogP contribution is -2.38. The van der Waals surface area contributed by atoms with Gasteiger partial charge in [0.1, 0.15) is 11.9 Å². The lowest BCUT2D eigenvalue weighted by Gasteiger charge is -2.28. The van der Waals surface area contributed by atoms with Gasteiger partial charge in [0.2, 0.25) is 5.91 Å². The molecule has 4 N–H and O–H groups in total. The van der Waals surface area contributed by atoms with Crippen molar-refractivity contribution in [1.82, 2.24) is 4.98 Å². The molecule has 20 heavy (non-hydrogen) atoms. The second-order valence-corrected chi connectivity index (χ2v) is 5.15. The van der Waals surface area contributed by atoms with E-state index in [1.54, 1.807) is 0 Å². The van der Waals surface area contributed by atoms with Gasteiger partial charge in [-0.1, -0.05) is 19.3 Å². The highest BCUT2D eigenvalue weighted by atomic mass is 16.4. The zero-order valence-electron chi connectivity index (χ0n) is 11.2. The number of carboxylic acids is 1. The summed E-state index contributed by atoms with van der Waals surface area (Å²) in [5.41, 5.74) is 5.52. The van der Waals surface area contributed by atoms with E-state index in [4.69, 9.17) is 5.73 Å². The monoisotopic (exact) mass is 277 g/mol. The highest BCUT2D eigenvalue weighted by Gasteiger charge is 2.29. The van der Waals surface area contributed by atoms with Crippen molar-refractivity contribution in [2.24, 2.45) is 11.7 Å². The van der Waals surface area contributed by atoms with E-state index in [1.807, 2.05) is 0 Å². The summed E-state index contributed by atoms with van der Waals surface area (Å²) in [4.78, 5) is 26.6. The van der Waals surface area contributed by atoms with Gasteiger partial charge in [0, 0.05) is 11.8 Å². The van der Waals surface area contributed by atoms with E-state index < -0.39 is 17.9 Å². The van der Waals surface area contributed by atoms with Gasteiger partial charge in [0.05, 0.1) is 0 Å². The predicted octanol–water partition coefficient (Wildman–Crippen LogP) is 1.63. The van der Waals surface area contributed by atoms with Crippen molar-refractivity contribution >= 4 is 17.7 Å². The zero-order valence-corrected chi connectivity index (χ0v) is 11.2. The number of nitrogens with two attached hydrogens (primary N) is 1. The van der Waals surface area contributed by atoms with Crippen molar-refractivity contribution in [2.75, 3.05) is 5.32 Å². The van der Waals surface area contributed by atoms with Crippen LogP contribution in [0.2, 0.25) is 0 Å². The first-order valence-electron chi connectivity index (χ1n) is 6.83. The number of hydrogen-bond donors (Lipinski definition) is 3. The van der Waals surface area contributed by atoms with E-state index in [0.29, 0.717) is 11.4 Å². The number of aromatic nitrogens is 1. The molecule has 6 nitrogen and oxygen atoms in total. The minimum atomic E-state index is -0.886. The third-order valence-electron chi connectivity index (χ3n) is 3.74. The Bertz CT molecular complexity index is 498. The number of hydrogen-bond acceptors (Lipinski definition) is 4. The molecule has 1 atom stereocenters. The number of carbonyl (C=O) groups is 2. The molecule has 1 aliphatic carbocycles. The van der Waals surface area contributed by atoms with Gasteiger partial charge in [-0.3, -0.25) is 4.79 Å². The molecule has 0 saturated heterocycles. The van der Waals surface area contributed by atoms with Crippen LogP contribution in [0, 0.1) is 5.92 Å². The summed E-state index contributed by atoms with van der Waals surface area (Å²) in [5.74, 6) is -0.970. The number of primary amides is 1. The van der Waals surface area contributed by atoms with Crippen molar-refractivity contribution in [2.45, 2.75) is 38.1 Å². The summed E-state index contributed by atoms with van der Waals surface area (Å²) in [6.07, 6.45) is 6.54. The van der Waals surface area contributed by atoms with Gasteiger partial charge in [-0.25, -0.2) is 9.78 Å². The molecule has 6 heteroatoms. The van der Waals surface area contributed by atoms with Crippen LogP contribution in [0.3, 0.4) is 0 Å². The molecule has 1 amide bonds. The number of aliphatic carboxylic acids is 1. The highest BCUT2D eigenvalue weighted by Crippen LogP contribution is 2.28. The van der Waals surface area contributed by atoms with E-state index in [9.17, 15) is 14.7 Å². The Balaban J connectivity index is 2.13. The van der Waals surface area contributed by atoms with Crippen LogP contribution >= 0.6 is 0 Å². The van der Waals surface area contributed by atoms with Gasteiger partial charge in [0.15, 0.2) is 0 Å². The highest BCUT2D eigenvalue weighted by molar-refractivity contribution is 5.93. The summed E-state index contributed by atoms with van der Waals surface area (Å²) >= 11 is 0.